The van der Waals surface area contributed by atoms with Crippen molar-refractivity contribution in [3.05, 3.63) is 42.0 Å². The summed E-state index contributed by atoms with van der Waals surface area (Å²) in [7, 11) is 1.71. The zero-order chi connectivity index (χ0) is 15.4. The van der Waals surface area contributed by atoms with Gasteiger partial charge in [-0.15, -0.1) is 0 Å². The van der Waals surface area contributed by atoms with Crippen LogP contribution in [-0.4, -0.2) is 30.5 Å². The first-order valence-corrected chi connectivity index (χ1v) is 8.37. The Kier molecular flexibility index (Phi) is 4.81. The maximum Gasteiger partial charge on any atom is 0.226 e. The lowest BCUT2D eigenvalue weighted by molar-refractivity contribution is -0.136. The number of benzene rings is 1. The van der Waals surface area contributed by atoms with Crippen LogP contribution in [0.25, 0.3) is 0 Å². The number of allylic oxidation sites excluding steroid dienone is 2. The van der Waals surface area contributed by atoms with Crippen LogP contribution in [0.3, 0.4) is 0 Å². The molecular weight excluding hydrogens is 274 g/mol. The van der Waals surface area contributed by atoms with Gasteiger partial charge in [0.2, 0.25) is 5.91 Å². The van der Waals surface area contributed by atoms with E-state index in [-0.39, 0.29) is 5.92 Å². The van der Waals surface area contributed by atoms with E-state index in [1.54, 1.807) is 7.11 Å². The maximum atomic E-state index is 12.8. The van der Waals surface area contributed by atoms with E-state index in [0.29, 0.717) is 11.9 Å². The molecule has 1 aromatic rings. The maximum absolute atomic E-state index is 12.8. The monoisotopic (exact) mass is 299 g/mol. The number of amides is 1. The summed E-state index contributed by atoms with van der Waals surface area (Å²) in [6.07, 6.45) is 10.4. The smallest absolute Gasteiger partial charge is 0.226 e. The minimum atomic E-state index is 0.197. The van der Waals surface area contributed by atoms with Crippen molar-refractivity contribution in [1.82, 2.24) is 4.90 Å². The summed E-state index contributed by atoms with van der Waals surface area (Å²) in [5.41, 5.74) is 1.21. The van der Waals surface area contributed by atoms with E-state index < -0.39 is 0 Å². The van der Waals surface area contributed by atoms with E-state index in [1.807, 2.05) is 18.2 Å². The van der Waals surface area contributed by atoms with Crippen LogP contribution in [0.1, 0.15) is 37.7 Å². The summed E-state index contributed by atoms with van der Waals surface area (Å²) in [5.74, 6) is 1.49. The van der Waals surface area contributed by atoms with Crippen molar-refractivity contribution in [2.75, 3.05) is 13.7 Å². The van der Waals surface area contributed by atoms with Crippen molar-refractivity contribution in [3.8, 4) is 5.75 Å². The highest BCUT2D eigenvalue weighted by Crippen LogP contribution is 2.29. The van der Waals surface area contributed by atoms with Crippen molar-refractivity contribution in [3.63, 3.8) is 0 Å². The summed E-state index contributed by atoms with van der Waals surface area (Å²) in [4.78, 5) is 15.0. The fourth-order valence-electron chi connectivity index (χ4n) is 3.72. The molecule has 0 unspecified atom stereocenters. The number of para-hydroxylation sites is 1. The van der Waals surface area contributed by atoms with E-state index in [4.69, 9.17) is 4.74 Å². The Morgan fingerprint density at radius 1 is 1.27 bits per heavy atom. The zero-order valence-corrected chi connectivity index (χ0v) is 13.3. The molecule has 1 amide bonds. The number of hydrogen-bond donors (Lipinski definition) is 0. The summed E-state index contributed by atoms with van der Waals surface area (Å²) < 4.78 is 5.46. The van der Waals surface area contributed by atoms with E-state index in [0.717, 1.165) is 50.8 Å². The molecule has 0 spiro atoms. The molecule has 118 valence electrons. The predicted octanol–water partition coefficient (Wildman–Crippen LogP) is 3.59. The highest BCUT2D eigenvalue weighted by atomic mass is 16.5. The molecule has 3 rings (SSSR count). The van der Waals surface area contributed by atoms with Crippen LogP contribution in [0.5, 0.6) is 5.75 Å². The minimum Gasteiger partial charge on any atom is -0.496 e. The number of rotatable bonds is 4. The van der Waals surface area contributed by atoms with Crippen LogP contribution in [-0.2, 0) is 11.2 Å². The van der Waals surface area contributed by atoms with E-state index >= 15 is 0 Å². The van der Waals surface area contributed by atoms with Gasteiger partial charge >= 0.3 is 0 Å². The van der Waals surface area contributed by atoms with Crippen molar-refractivity contribution < 1.29 is 9.53 Å². The van der Waals surface area contributed by atoms with Gasteiger partial charge in [-0.05, 0) is 50.2 Å². The van der Waals surface area contributed by atoms with Gasteiger partial charge in [-0.3, -0.25) is 4.79 Å². The number of methoxy groups -OCH3 is 1. The van der Waals surface area contributed by atoms with E-state index in [2.05, 4.69) is 23.1 Å². The van der Waals surface area contributed by atoms with E-state index in [1.165, 1.54) is 5.56 Å². The molecule has 1 fully saturated rings. The molecule has 3 heteroatoms. The fraction of sp³-hybridized carbons (Fsp3) is 0.526. The number of carbonyl (C=O) groups excluding carboxylic acids is 1. The van der Waals surface area contributed by atoms with Gasteiger partial charge in [0.1, 0.15) is 5.75 Å². The van der Waals surface area contributed by atoms with Gasteiger partial charge in [0, 0.05) is 18.5 Å². The molecule has 1 heterocycles. The van der Waals surface area contributed by atoms with Gasteiger partial charge < -0.3 is 9.64 Å². The van der Waals surface area contributed by atoms with Crippen LogP contribution in [0.4, 0.5) is 0 Å². The highest BCUT2D eigenvalue weighted by molar-refractivity contribution is 5.79. The topological polar surface area (TPSA) is 29.5 Å². The molecule has 1 aliphatic heterocycles. The van der Waals surface area contributed by atoms with Gasteiger partial charge in [-0.25, -0.2) is 0 Å². The Hall–Kier alpha value is -1.77. The summed E-state index contributed by atoms with van der Waals surface area (Å²) in [5, 5.41) is 0. The second-order valence-corrected chi connectivity index (χ2v) is 6.33. The van der Waals surface area contributed by atoms with Crippen molar-refractivity contribution in [1.29, 1.82) is 0 Å². The Morgan fingerprint density at radius 2 is 2.14 bits per heavy atom. The minimum absolute atomic E-state index is 0.197. The Bertz CT molecular complexity index is 552. The largest absolute Gasteiger partial charge is 0.496 e. The molecule has 0 saturated carbocycles. The second kappa shape index (κ2) is 6.99. The van der Waals surface area contributed by atoms with Crippen LogP contribution < -0.4 is 4.74 Å². The number of nitrogens with zero attached hydrogens (tertiary/aromatic N) is 1. The van der Waals surface area contributed by atoms with Gasteiger partial charge in [0.15, 0.2) is 0 Å². The first kappa shape index (κ1) is 15.1. The lowest BCUT2D eigenvalue weighted by atomic mass is 9.92. The van der Waals surface area contributed by atoms with Crippen molar-refractivity contribution in [2.45, 2.75) is 44.6 Å². The van der Waals surface area contributed by atoms with Crippen molar-refractivity contribution in [2.24, 2.45) is 5.92 Å². The number of likely N-dealkylation sites (tertiary alicyclic amines) is 1. The SMILES string of the molecule is COc1ccccc1C[C@@H]1CCCN1C(=O)[C@@H]1CC=CCC1. The first-order valence-electron chi connectivity index (χ1n) is 8.37. The van der Waals surface area contributed by atoms with Gasteiger partial charge in [-0.2, -0.15) is 0 Å². The van der Waals surface area contributed by atoms with Crippen LogP contribution in [0, 0.1) is 5.92 Å². The molecule has 2 atom stereocenters. The molecule has 0 radical (unpaired) electrons. The Labute approximate surface area is 133 Å². The van der Waals surface area contributed by atoms with Crippen LogP contribution >= 0.6 is 0 Å². The molecular formula is C19H25NO2. The quantitative estimate of drug-likeness (QED) is 0.795. The second-order valence-electron chi connectivity index (χ2n) is 6.33. The normalized spacial score (nSPS) is 24.5. The summed E-state index contributed by atoms with van der Waals surface area (Å²) in [6, 6.07) is 8.49. The lowest BCUT2D eigenvalue weighted by Gasteiger charge is -2.30. The number of hydrogen-bond acceptors (Lipinski definition) is 2. The molecule has 1 aromatic carbocycles. The van der Waals surface area contributed by atoms with Gasteiger partial charge in [-0.1, -0.05) is 30.4 Å². The standard InChI is InChI=1S/C19H25NO2/c1-22-18-12-6-5-10-16(18)14-17-11-7-13-20(17)19(21)15-8-3-2-4-9-15/h2-3,5-6,10,12,15,17H,4,7-9,11,13-14H2,1H3/t15-,17+/m1/s1. The molecule has 3 nitrogen and oxygen atoms in total. The third-order valence-electron chi connectivity index (χ3n) is 4.93. The summed E-state index contributed by atoms with van der Waals surface area (Å²) >= 11 is 0. The van der Waals surface area contributed by atoms with Gasteiger partial charge in [0.25, 0.3) is 0 Å². The van der Waals surface area contributed by atoms with E-state index in [9.17, 15) is 4.79 Å². The predicted molar refractivity (Wildman–Crippen MR) is 87.9 cm³/mol. The number of ether oxygens (including phenoxy) is 1. The lowest BCUT2D eigenvalue weighted by Crippen LogP contribution is -2.41. The summed E-state index contributed by atoms with van der Waals surface area (Å²) in [6.45, 7) is 0.916. The fourth-order valence-corrected chi connectivity index (χ4v) is 3.72. The average molecular weight is 299 g/mol. The molecule has 2 aliphatic rings. The van der Waals surface area contributed by atoms with Crippen LogP contribution in [0.2, 0.25) is 0 Å². The Morgan fingerprint density at radius 3 is 2.91 bits per heavy atom. The number of carbonyl (C=O) groups is 1. The molecule has 0 aromatic heterocycles. The third-order valence-corrected chi connectivity index (χ3v) is 4.93. The average Bonchev–Trinajstić information content (AvgIpc) is 3.03. The molecule has 1 aliphatic carbocycles. The third kappa shape index (κ3) is 3.18. The molecule has 1 saturated heterocycles. The first-order chi connectivity index (χ1) is 10.8. The Balaban J connectivity index is 1.70. The van der Waals surface area contributed by atoms with Gasteiger partial charge in [0.05, 0.1) is 7.11 Å². The highest BCUT2D eigenvalue weighted by Gasteiger charge is 2.33. The molecule has 0 bridgehead atoms. The molecule has 0 N–H and O–H groups in total. The molecule has 22 heavy (non-hydrogen) atoms. The van der Waals surface area contributed by atoms with Crippen molar-refractivity contribution >= 4 is 5.91 Å². The zero-order valence-electron chi connectivity index (χ0n) is 13.3. The van der Waals surface area contributed by atoms with Crippen LogP contribution in [0.15, 0.2) is 36.4 Å².